The number of carboxylic acid groups (broad SMARTS) is 1. The van der Waals surface area contributed by atoms with Crippen LogP contribution >= 0.6 is 11.6 Å². The Morgan fingerprint density at radius 3 is 2.83 bits per heavy atom. The van der Waals surface area contributed by atoms with Gasteiger partial charge in [-0.15, -0.1) is 0 Å². The maximum atomic E-state index is 11.8. The zero-order valence-electron chi connectivity index (χ0n) is 13.4. The van der Waals surface area contributed by atoms with E-state index in [-0.39, 0.29) is 0 Å². The first-order chi connectivity index (χ1) is 10.9. The summed E-state index contributed by atoms with van der Waals surface area (Å²) in [7, 11) is 5.11. The molecular weight excluding hydrogens is 318 g/mol. The highest BCUT2D eigenvalue weighted by Crippen LogP contribution is 2.35. The van der Waals surface area contributed by atoms with Crippen molar-refractivity contribution in [3.63, 3.8) is 0 Å². The zero-order valence-corrected chi connectivity index (χ0v) is 14.1. The van der Waals surface area contributed by atoms with Gasteiger partial charge in [0.15, 0.2) is 0 Å². The predicted octanol–water partition coefficient (Wildman–Crippen LogP) is 2.38. The number of aryl methyl sites for hydroxylation is 1. The van der Waals surface area contributed by atoms with Crippen molar-refractivity contribution in [2.75, 3.05) is 20.7 Å². The number of hydrogen-bond acceptors (Lipinski definition) is 4. The SMILES string of the molecule is COc1cccc(Cl)c1[C@@H](C(=O)O)N(C)CCc1cnn(C)c1. The van der Waals surface area contributed by atoms with E-state index in [9.17, 15) is 9.90 Å². The number of carboxylic acids is 1. The predicted molar refractivity (Wildman–Crippen MR) is 87.9 cm³/mol. The average Bonchev–Trinajstić information content (AvgIpc) is 2.92. The fourth-order valence-corrected chi connectivity index (χ4v) is 2.80. The first-order valence-electron chi connectivity index (χ1n) is 7.17. The van der Waals surface area contributed by atoms with Gasteiger partial charge in [-0.05, 0) is 31.2 Å². The number of halogens is 1. The lowest BCUT2D eigenvalue weighted by Crippen LogP contribution is -2.33. The van der Waals surface area contributed by atoms with Crippen LogP contribution < -0.4 is 4.74 Å². The van der Waals surface area contributed by atoms with E-state index in [0.29, 0.717) is 29.3 Å². The number of ether oxygens (including phenoxy) is 1. The number of benzene rings is 1. The number of likely N-dealkylation sites (N-methyl/N-ethyl adjacent to an activating group) is 1. The molecule has 0 fully saturated rings. The molecule has 124 valence electrons. The van der Waals surface area contributed by atoms with Gasteiger partial charge in [0.25, 0.3) is 0 Å². The fourth-order valence-electron chi connectivity index (χ4n) is 2.53. The molecule has 0 unspecified atom stereocenters. The van der Waals surface area contributed by atoms with Crippen LogP contribution in [0.3, 0.4) is 0 Å². The lowest BCUT2D eigenvalue weighted by Gasteiger charge is -2.26. The Labute approximate surface area is 140 Å². The second-order valence-corrected chi connectivity index (χ2v) is 5.76. The van der Waals surface area contributed by atoms with Crippen LogP contribution in [0.15, 0.2) is 30.6 Å². The molecular formula is C16H20ClN3O3. The summed E-state index contributed by atoms with van der Waals surface area (Å²) in [5, 5.41) is 14.2. The molecule has 0 aliphatic heterocycles. The van der Waals surface area contributed by atoms with E-state index < -0.39 is 12.0 Å². The Morgan fingerprint density at radius 1 is 1.52 bits per heavy atom. The quantitative estimate of drug-likeness (QED) is 0.840. The molecule has 23 heavy (non-hydrogen) atoms. The minimum absolute atomic E-state index is 0.380. The van der Waals surface area contributed by atoms with E-state index in [1.807, 2.05) is 13.2 Å². The molecule has 0 amide bonds. The number of methoxy groups -OCH3 is 1. The maximum Gasteiger partial charge on any atom is 0.325 e. The Bertz CT molecular complexity index is 687. The van der Waals surface area contributed by atoms with Crippen LogP contribution in [0.25, 0.3) is 0 Å². The van der Waals surface area contributed by atoms with E-state index in [1.54, 1.807) is 41.0 Å². The Kier molecular flexibility index (Phi) is 5.63. The van der Waals surface area contributed by atoms with Crippen LogP contribution in [-0.4, -0.2) is 46.5 Å². The third-order valence-electron chi connectivity index (χ3n) is 3.69. The van der Waals surface area contributed by atoms with Gasteiger partial charge in [-0.25, -0.2) is 0 Å². The van der Waals surface area contributed by atoms with Crippen molar-refractivity contribution in [1.82, 2.24) is 14.7 Å². The molecule has 1 heterocycles. The van der Waals surface area contributed by atoms with Gasteiger partial charge in [0.05, 0.1) is 13.3 Å². The van der Waals surface area contributed by atoms with Crippen molar-refractivity contribution in [2.24, 2.45) is 7.05 Å². The second-order valence-electron chi connectivity index (χ2n) is 5.35. The van der Waals surface area contributed by atoms with E-state index >= 15 is 0 Å². The van der Waals surface area contributed by atoms with Crippen molar-refractivity contribution in [3.8, 4) is 5.75 Å². The van der Waals surface area contributed by atoms with Crippen molar-refractivity contribution < 1.29 is 14.6 Å². The van der Waals surface area contributed by atoms with Crippen LogP contribution in [0.1, 0.15) is 17.2 Å². The molecule has 0 radical (unpaired) electrons. The lowest BCUT2D eigenvalue weighted by atomic mass is 10.0. The molecule has 2 rings (SSSR count). The van der Waals surface area contributed by atoms with Gasteiger partial charge in [-0.1, -0.05) is 17.7 Å². The van der Waals surface area contributed by atoms with Gasteiger partial charge in [-0.2, -0.15) is 5.10 Å². The molecule has 0 saturated carbocycles. The van der Waals surface area contributed by atoms with Crippen molar-refractivity contribution in [3.05, 3.63) is 46.7 Å². The highest BCUT2D eigenvalue weighted by Gasteiger charge is 2.29. The van der Waals surface area contributed by atoms with Gasteiger partial charge in [0.1, 0.15) is 11.8 Å². The summed E-state index contributed by atoms with van der Waals surface area (Å²) in [5.74, 6) is -0.497. The minimum atomic E-state index is -0.968. The molecule has 1 N–H and O–H groups in total. The molecule has 2 aromatic rings. The summed E-state index contributed by atoms with van der Waals surface area (Å²) >= 11 is 6.23. The summed E-state index contributed by atoms with van der Waals surface area (Å²) in [6, 6.07) is 4.24. The van der Waals surface area contributed by atoms with Crippen molar-refractivity contribution in [1.29, 1.82) is 0 Å². The number of aliphatic carboxylic acids is 1. The molecule has 0 aliphatic carbocycles. The zero-order chi connectivity index (χ0) is 17.0. The first-order valence-corrected chi connectivity index (χ1v) is 7.54. The number of aromatic nitrogens is 2. The number of nitrogens with zero attached hydrogens (tertiary/aromatic N) is 3. The van der Waals surface area contributed by atoms with Crippen molar-refractivity contribution >= 4 is 17.6 Å². The molecule has 1 aromatic carbocycles. The summed E-state index contributed by atoms with van der Waals surface area (Å²) in [6.07, 6.45) is 4.39. The average molecular weight is 338 g/mol. The van der Waals surface area contributed by atoms with Crippen LogP contribution in [0.4, 0.5) is 0 Å². The molecule has 0 spiro atoms. The molecule has 0 bridgehead atoms. The smallest absolute Gasteiger partial charge is 0.325 e. The van der Waals surface area contributed by atoms with Gasteiger partial charge < -0.3 is 9.84 Å². The first kappa shape index (κ1) is 17.3. The summed E-state index contributed by atoms with van der Waals surface area (Å²) in [4.78, 5) is 13.6. The fraction of sp³-hybridized carbons (Fsp3) is 0.375. The Morgan fingerprint density at radius 2 is 2.26 bits per heavy atom. The topological polar surface area (TPSA) is 67.6 Å². The largest absolute Gasteiger partial charge is 0.496 e. The van der Waals surface area contributed by atoms with Gasteiger partial charge in [0.2, 0.25) is 0 Å². The van der Waals surface area contributed by atoms with Crippen LogP contribution in [0, 0.1) is 0 Å². The number of hydrogen-bond donors (Lipinski definition) is 1. The molecule has 0 saturated heterocycles. The molecule has 6 nitrogen and oxygen atoms in total. The molecule has 1 atom stereocenters. The highest BCUT2D eigenvalue weighted by atomic mass is 35.5. The maximum absolute atomic E-state index is 11.8. The number of rotatable bonds is 7. The lowest BCUT2D eigenvalue weighted by molar-refractivity contribution is -0.143. The van der Waals surface area contributed by atoms with Crippen LogP contribution in [0.5, 0.6) is 5.75 Å². The second kappa shape index (κ2) is 7.48. The Balaban J connectivity index is 2.22. The molecule has 0 aliphatic rings. The summed E-state index contributed by atoms with van der Waals surface area (Å²) in [5.41, 5.74) is 1.52. The normalized spacial score (nSPS) is 12.4. The molecule has 1 aromatic heterocycles. The summed E-state index contributed by atoms with van der Waals surface area (Å²) < 4.78 is 7.01. The van der Waals surface area contributed by atoms with Crippen LogP contribution in [0.2, 0.25) is 5.02 Å². The number of carbonyl (C=O) groups is 1. The van der Waals surface area contributed by atoms with Gasteiger partial charge in [-0.3, -0.25) is 14.4 Å². The van der Waals surface area contributed by atoms with Gasteiger partial charge >= 0.3 is 5.97 Å². The monoisotopic (exact) mass is 337 g/mol. The van der Waals surface area contributed by atoms with E-state index in [2.05, 4.69) is 5.10 Å². The third kappa shape index (κ3) is 4.03. The van der Waals surface area contributed by atoms with E-state index in [4.69, 9.17) is 16.3 Å². The minimum Gasteiger partial charge on any atom is -0.496 e. The van der Waals surface area contributed by atoms with Crippen LogP contribution in [-0.2, 0) is 18.3 Å². The van der Waals surface area contributed by atoms with E-state index in [1.165, 1.54) is 7.11 Å². The van der Waals surface area contributed by atoms with Gasteiger partial charge in [0, 0.05) is 30.4 Å². The van der Waals surface area contributed by atoms with Crippen molar-refractivity contribution in [2.45, 2.75) is 12.5 Å². The summed E-state index contributed by atoms with van der Waals surface area (Å²) in [6.45, 7) is 0.553. The standard InChI is InChI=1S/C16H20ClN3O3/c1-19(8-7-11-9-18-20(2)10-11)15(16(21)22)14-12(17)5-4-6-13(14)23-3/h4-6,9-10,15H,7-8H2,1-3H3,(H,21,22)/t15-/m0/s1. The highest BCUT2D eigenvalue weighted by molar-refractivity contribution is 6.31. The Hall–Kier alpha value is -2.05. The third-order valence-corrected chi connectivity index (χ3v) is 4.02. The van der Waals surface area contributed by atoms with E-state index in [0.717, 1.165) is 5.56 Å². The molecule has 7 heteroatoms.